The molecule has 3 rings (SSSR count). The summed E-state index contributed by atoms with van der Waals surface area (Å²) >= 11 is 0. The fraction of sp³-hybridized carbons (Fsp3) is 0.200. The van der Waals surface area contributed by atoms with E-state index in [1.807, 2.05) is 18.2 Å². The quantitative estimate of drug-likeness (QED) is 0.901. The SMILES string of the molecule is O=C(O)c1ccnc(Nc2ccc3c(c2)CCC3)c1F. The van der Waals surface area contributed by atoms with Crippen LogP contribution in [0.4, 0.5) is 15.9 Å². The molecule has 5 heteroatoms. The molecule has 2 aromatic rings. The van der Waals surface area contributed by atoms with Crippen LogP contribution >= 0.6 is 0 Å². The van der Waals surface area contributed by atoms with Crippen LogP contribution in [-0.4, -0.2) is 16.1 Å². The predicted octanol–water partition coefficient (Wildman–Crippen LogP) is 3.15. The Labute approximate surface area is 115 Å². The first-order valence-electron chi connectivity index (χ1n) is 6.42. The number of rotatable bonds is 3. The highest BCUT2D eigenvalue weighted by Gasteiger charge is 2.16. The summed E-state index contributed by atoms with van der Waals surface area (Å²) in [5, 5.41) is 11.7. The second-order valence-corrected chi connectivity index (χ2v) is 4.79. The van der Waals surface area contributed by atoms with Crippen LogP contribution in [0.15, 0.2) is 30.5 Å². The van der Waals surface area contributed by atoms with Gasteiger partial charge in [-0.1, -0.05) is 6.07 Å². The van der Waals surface area contributed by atoms with Gasteiger partial charge >= 0.3 is 5.97 Å². The van der Waals surface area contributed by atoms with Gasteiger partial charge in [-0.3, -0.25) is 0 Å². The Morgan fingerprint density at radius 1 is 1.25 bits per heavy atom. The fourth-order valence-corrected chi connectivity index (χ4v) is 2.48. The van der Waals surface area contributed by atoms with Crippen molar-refractivity contribution in [2.75, 3.05) is 5.32 Å². The van der Waals surface area contributed by atoms with Crippen LogP contribution in [-0.2, 0) is 12.8 Å². The highest BCUT2D eigenvalue weighted by molar-refractivity contribution is 5.89. The van der Waals surface area contributed by atoms with Crippen LogP contribution in [0.2, 0.25) is 0 Å². The van der Waals surface area contributed by atoms with E-state index >= 15 is 0 Å². The molecule has 20 heavy (non-hydrogen) atoms. The molecule has 0 fully saturated rings. The molecular weight excluding hydrogens is 259 g/mol. The topological polar surface area (TPSA) is 62.2 Å². The summed E-state index contributed by atoms with van der Waals surface area (Å²) in [6.07, 6.45) is 4.52. The van der Waals surface area contributed by atoms with Crippen molar-refractivity contribution in [3.8, 4) is 0 Å². The van der Waals surface area contributed by atoms with Crippen LogP contribution in [0.3, 0.4) is 0 Å². The number of nitrogens with one attached hydrogen (secondary N) is 1. The Bertz CT molecular complexity index is 686. The molecule has 0 saturated carbocycles. The zero-order valence-electron chi connectivity index (χ0n) is 10.7. The largest absolute Gasteiger partial charge is 0.478 e. The Morgan fingerprint density at radius 2 is 2.05 bits per heavy atom. The van der Waals surface area contributed by atoms with Gasteiger partial charge in [0, 0.05) is 11.9 Å². The molecule has 102 valence electrons. The minimum atomic E-state index is -1.30. The number of fused-ring (bicyclic) bond motifs is 1. The number of anilines is 2. The zero-order valence-corrected chi connectivity index (χ0v) is 10.7. The number of pyridine rings is 1. The van der Waals surface area contributed by atoms with Gasteiger partial charge in [0.05, 0.1) is 0 Å². The lowest BCUT2D eigenvalue weighted by Crippen LogP contribution is -2.05. The minimum absolute atomic E-state index is 0.0668. The summed E-state index contributed by atoms with van der Waals surface area (Å²) < 4.78 is 14.0. The van der Waals surface area contributed by atoms with Crippen molar-refractivity contribution in [1.29, 1.82) is 0 Å². The summed E-state index contributed by atoms with van der Waals surface area (Å²) in [5.74, 6) is -2.22. The van der Waals surface area contributed by atoms with E-state index in [1.54, 1.807) is 0 Å². The van der Waals surface area contributed by atoms with E-state index in [0.717, 1.165) is 31.0 Å². The van der Waals surface area contributed by atoms with Crippen molar-refractivity contribution >= 4 is 17.5 Å². The molecule has 4 nitrogen and oxygen atoms in total. The molecule has 0 radical (unpaired) electrons. The number of benzene rings is 1. The number of carbonyl (C=O) groups is 1. The maximum Gasteiger partial charge on any atom is 0.338 e. The summed E-state index contributed by atoms with van der Waals surface area (Å²) in [6.45, 7) is 0. The Hall–Kier alpha value is -2.43. The average Bonchev–Trinajstić information content (AvgIpc) is 2.88. The van der Waals surface area contributed by atoms with Crippen LogP contribution in [0, 0.1) is 5.82 Å². The first kappa shape index (κ1) is 12.6. The number of aryl methyl sites for hydroxylation is 2. The molecule has 1 aliphatic carbocycles. The molecular formula is C15H13FN2O2. The van der Waals surface area contributed by atoms with Crippen LogP contribution in [0.5, 0.6) is 0 Å². The zero-order chi connectivity index (χ0) is 14.1. The smallest absolute Gasteiger partial charge is 0.338 e. The van der Waals surface area contributed by atoms with Crippen molar-refractivity contribution < 1.29 is 14.3 Å². The average molecular weight is 272 g/mol. The molecule has 0 saturated heterocycles. The monoisotopic (exact) mass is 272 g/mol. The number of aromatic carboxylic acids is 1. The lowest BCUT2D eigenvalue weighted by Gasteiger charge is -2.09. The summed E-state index contributed by atoms with van der Waals surface area (Å²) in [7, 11) is 0. The molecule has 1 heterocycles. The van der Waals surface area contributed by atoms with Crippen molar-refractivity contribution in [2.24, 2.45) is 0 Å². The third-order valence-electron chi connectivity index (χ3n) is 3.48. The first-order valence-corrected chi connectivity index (χ1v) is 6.42. The van der Waals surface area contributed by atoms with Gasteiger partial charge in [0.25, 0.3) is 0 Å². The van der Waals surface area contributed by atoms with Gasteiger partial charge in [0.1, 0.15) is 5.56 Å². The normalized spacial score (nSPS) is 13.1. The Kier molecular flexibility index (Phi) is 3.10. The van der Waals surface area contributed by atoms with E-state index in [9.17, 15) is 9.18 Å². The number of hydrogen-bond acceptors (Lipinski definition) is 3. The lowest BCUT2D eigenvalue weighted by molar-refractivity contribution is 0.0692. The minimum Gasteiger partial charge on any atom is -0.478 e. The van der Waals surface area contributed by atoms with Crippen LogP contribution < -0.4 is 5.32 Å². The van der Waals surface area contributed by atoms with Gasteiger partial charge in [-0.2, -0.15) is 0 Å². The number of hydrogen-bond donors (Lipinski definition) is 2. The number of halogens is 1. The third-order valence-corrected chi connectivity index (χ3v) is 3.48. The predicted molar refractivity (Wildman–Crippen MR) is 72.9 cm³/mol. The molecule has 0 atom stereocenters. The molecule has 0 unspecified atom stereocenters. The van der Waals surface area contributed by atoms with Gasteiger partial charge < -0.3 is 10.4 Å². The van der Waals surface area contributed by atoms with E-state index in [4.69, 9.17) is 5.11 Å². The molecule has 0 spiro atoms. The summed E-state index contributed by atoms with van der Waals surface area (Å²) in [6, 6.07) is 6.99. The van der Waals surface area contributed by atoms with E-state index < -0.39 is 11.8 Å². The van der Waals surface area contributed by atoms with E-state index in [2.05, 4.69) is 10.3 Å². The third kappa shape index (κ3) is 2.22. The number of nitrogens with zero attached hydrogens (tertiary/aromatic N) is 1. The second kappa shape index (κ2) is 4.92. The Morgan fingerprint density at radius 3 is 2.85 bits per heavy atom. The maximum atomic E-state index is 14.0. The molecule has 0 amide bonds. The number of carboxylic acids is 1. The lowest BCUT2D eigenvalue weighted by atomic mass is 10.1. The fourth-order valence-electron chi connectivity index (χ4n) is 2.48. The Balaban J connectivity index is 1.92. The van der Waals surface area contributed by atoms with E-state index in [0.29, 0.717) is 0 Å². The number of aromatic nitrogens is 1. The van der Waals surface area contributed by atoms with Gasteiger partial charge in [-0.15, -0.1) is 0 Å². The van der Waals surface area contributed by atoms with Gasteiger partial charge in [0.2, 0.25) is 0 Å². The van der Waals surface area contributed by atoms with Gasteiger partial charge in [-0.25, -0.2) is 14.2 Å². The van der Waals surface area contributed by atoms with Crippen LogP contribution in [0.1, 0.15) is 27.9 Å². The van der Waals surface area contributed by atoms with Crippen molar-refractivity contribution in [3.63, 3.8) is 0 Å². The molecule has 2 N–H and O–H groups in total. The van der Waals surface area contributed by atoms with Crippen molar-refractivity contribution in [3.05, 3.63) is 53.0 Å². The van der Waals surface area contributed by atoms with Gasteiger partial charge in [0.15, 0.2) is 11.6 Å². The van der Waals surface area contributed by atoms with E-state index in [-0.39, 0.29) is 11.4 Å². The molecule has 1 aliphatic rings. The van der Waals surface area contributed by atoms with E-state index in [1.165, 1.54) is 17.3 Å². The highest BCUT2D eigenvalue weighted by atomic mass is 19.1. The van der Waals surface area contributed by atoms with Crippen molar-refractivity contribution in [1.82, 2.24) is 4.98 Å². The summed E-state index contributed by atoms with van der Waals surface area (Å²) in [5.41, 5.74) is 2.91. The van der Waals surface area contributed by atoms with Gasteiger partial charge in [-0.05, 0) is 48.6 Å². The van der Waals surface area contributed by atoms with Crippen LogP contribution in [0.25, 0.3) is 0 Å². The standard InChI is InChI=1S/C15H13FN2O2/c16-13-12(15(19)20)6-7-17-14(13)18-11-5-4-9-2-1-3-10(9)8-11/h4-8H,1-3H2,(H,17,18)(H,19,20). The molecule has 0 bridgehead atoms. The second-order valence-electron chi connectivity index (χ2n) is 4.79. The number of carboxylic acid groups (broad SMARTS) is 1. The molecule has 1 aromatic heterocycles. The molecule has 0 aliphatic heterocycles. The van der Waals surface area contributed by atoms with Crippen molar-refractivity contribution in [2.45, 2.75) is 19.3 Å². The summed E-state index contributed by atoms with van der Waals surface area (Å²) in [4.78, 5) is 14.7. The maximum absolute atomic E-state index is 14.0. The highest BCUT2D eigenvalue weighted by Crippen LogP contribution is 2.27. The first-order chi connectivity index (χ1) is 9.65. The molecule has 1 aromatic carbocycles.